The lowest BCUT2D eigenvalue weighted by molar-refractivity contribution is -0.142. The van der Waals surface area contributed by atoms with Crippen molar-refractivity contribution in [3.63, 3.8) is 0 Å². The highest BCUT2D eigenvalue weighted by Crippen LogP contribution is 2.43. The molecule has 3 atom stereocenters. The van der Waals surface area contributed by atoms with E-state index in [2.05, 4.69) is 4.98 Å². The Morgan fingerprint density at radius 1 is 0.977 bits per heavy atom. The Morgan fingerprint density at radius 2 is 1.77 bits per heavy atom. The Balaban J connectivity index is 1.31. The molecule has 2 amide bonds. The lowest BCUT2D eigenvalue weighted by Gasteiger charge is -2.38. The first kappa shape index (κ1) is 29.4. The Labute approximate surface area is 255 Å². The van der Waals surface area contributed by atoms with Gasteiger partial charge in [0.2, 0.25) is 11.8 Å². The van der Waals surface area contributed by atoms with Crippen LogP contribution in [-0.2, 0) is 14.4 Å². The van der Waals surface area contributed by atoms with Crippen molar-refractivity contribution in [2.24, 2.45) is 23.7 Å². The molecule has 0 unspecified atom stereocenters. The second-order valence-corrected chi connectivity index (χ2v) is 12.9. The Morgan fingerprint density at radius 3 is 2.44 bits per heavy atom. The molecule has 3 aromatic rings. The van der Waals surface area contributed by atoms with Crippen molar-refractivity contribution < 1.29 is 24.6 Å². The fourth-order valence-electron chi connectivity index (χ4n) is 7.22. The fourth-order valence-corrected chi connectivity index (χ4v) is 8.06. The van der Waals surface area contributed by atoms with E-state index in [0.29, 0.717) is 42.1 Å². The summed E-state index contributed by atoms with van der Waals surface area (Å²) in [5.41, 5.74) is 3.43. The van der Waals surface area contributed by atoms with Crippen LogP contribution in [0, 0.1) is 23.7 Å². The third-order valence-electron chi connectivity index (χ3n) is 9.44. The van der Waals surface area contributed by atoms with Gasteiger partial charge in [-0.15, -0.1) is 11.3 Å². The number of aromatic nitrogens is 2. The van der Waals surface area contributed by atoms with Crippen LogP contribution < -0.4 is 9.80 Å². The molecule has 0 radical (unpaired) electrons. The molecule has 3 aliphatic rings. The van der Waals surface area contributed by atoms with E-state index in [9.17, 15) is 24.6 Å². The maximum absolute atomic E-state index is 14.2. The summed E-state index contributed by atoms with van der Waals surface area (Å²) in [5.74, 6) is -0.758. The number of carboxylic acids is 1. The predicted octanol–water partition coefficient (Wildman–Crippen LogP) is 5.63. The Hall–Kier alpha value is -3.63. The van der Waals surface area contributed by atoms with Crippen LogP contribution in [0.1, 0.15) is 57.8 Å². The number of pyridine rings is 1. The topological polar surface area (TPSA) is 124 Å². The highest BCUT2D eigenvalue weighted by Gasteiger charge is 2.42. The summed E-state index contributed by atoms with van der Waals surface area (Å²) < 4.78 is 0. The van der Waals surface area contributed by atoms with Crippen molar-refractivity contribution in [2.75, 3.05) is 29.5 Å². The molecule has 226 valence electrons. The van der Waals surface area contributed by atoms with Crippen LogP contribution in [0.2, 0.25) is 0 Å². The van der Waals surface area contributed by atoms with E-state index in [0.717, 1.165) is 61.6 Å². The lowest BCUT2D eigenvalue weighted by atomic mass is 9.73. The van der Waals surface area contributed by atoms with Crippen molar-refractivity contribution in [2.45, 2.75) is 57.8 Å². The molecular weight excluding hydrogens is 564 g/mol. The van der Waals surface area contributed by atoms with Crippen LogP contribution in [0.4, 0.5) is 10.9 Å². The van der Waals surface area contributed by atoms with Gasteiger partial charge in [-0.25, -0.2) is 9.97 Å². The van der Waals surface area contributed by atoms with E-state index < -0.39 is 11.9 Å². The number of carboxylic acid groups (broad SMARTS) is 1. The number of hydrogen-bond acceptors (Lipinski definition) is 7. The largest absolute Gasteiger partial charge is 0.481 e. The number of aliphatic hydroxyl groups excluding tert-OH is 1. The van der Waals surface area contributed by atoms with Crippen LogP contribution in [-0.4, -0.2) is 57.7 Å². The van der Waals surface area contributed by atoms with Crippen LogP contribution in [0.5, 0.6) is 0 Å². The smallest absolute Gasteiger partial charge is 0.304 e. The standard InChI is InChI=1S/C33H38N4O5S/c38-19-21-11-13-25(22-6-1-2-7-22)27(16-31(40)41)32(42)37(18-21)33-35-28(20-43-33)26-9-4-3-8-24(26)23-12-14-29(34-17-23)36-15-5-10-30(36)39/h3-4,8-9,12,14,17,20-22,25,27,38H,1-2,5-7,10-11,13,15-16,18-19H2,(H,40,41)/t21-,25-,27-/m0/s1. The average molecular weight is 603 g/mol. The molecule has 1 saturated carbocycles. The molecule has 6 rings (SSSR count). The van der Waals surface area contributed by atoms with Crippen LogP contribution in [0.3, 0.4) is 0 Å². The van der Waals surface area contributed by atoms with Crippen LogP contribution in [0.15, 0.2) is 48.0 Å². The summed E-state index contributed by atoms with van der Waals surface area (Å²) in [7, 11) is 0. The number of nitrogens with zero attached hydrogens (tertiary/aromatic N) is 4. The molecule has 4 heterocycles. The van der Waals surface area contributed by atoms with Gasteiger partial charge in [-0.05, 0) is 48.8 Å². The summed E-state index contributed by atoms with van der Waals surface area (Å²) >= 11 is 1.37. The van der Waals surface area contributed by atoms with Gasteiger partial charge >= 0.3 is 5.97 Å². The SMILES string of the molecule is O=C(O)C[C@@H]1C(=O)N(c2nc(-c3ccccc3-c3ccc(N4CCCC4=O)nc3)cs2)C[C@@H](CO)CC[C@H]1C1CCCC1. The predicted molar refractivity (Wildman–Crippen MR) is 166 cm³/mol. The molecule has 2 N–H and O–H groups in total. The van der Waals surface area contributed by atoms with Crippen LogP contribution in [0.25, 0.3) is 22.4 Å². The Kier molecular flexibility index (Phi) is 8.85. The number of carbonyl (C=O) groups excluding carboxylic acids is 2. The van der Waals surface area contributed by atoms with Crippen molar-refractivity contribution >= 4 is 40.1 Å². The first-order valence-electron chi connectivity index (χ1n) is 15.4. The molecule has 1 aliphatic carbocycles. The number of carbonyl (C=O) groups is 3. The van der Waals surface area contributed by atoms with E-state index in [4.69, 9.17) is 4.98 Å². The van der Waals surface area contributed by atoms with E-state index in [1.54, 1.807) is 16.0 Å². The van der Waals surface area contributed by atoms with Gasteiger partial charge in [0.1, 0.15) is 5.82 Å². The second kappa shape index (κ2) is 12.9. The van der Waals surface area contributed by atoms with Gasteiger partial charge in [0.05, 0.1) is 18.0 Å². The van der Waals surface area contributed by atoms with Crippen molar-refractivity contribution in [1.29, 1.82) is 0 Å². The third-order valence-corrected chi connectivity index (χ3v) is 10.3. The molecule has 43 heavy (non-hydrogen) atoms. The number of aliphatic carboxylic acids is 1. The average Bonchev–Trinajstić information content (AvgIpc) is 3.80. The van der Waals surface area contributed by atoms with Gasteiger partial charge in [-0.2, -0.15) is 0 Å². The highest BCUT2D eigenvalue weighted by molar-refractivity contribution is 7.14. The maximum atomic E-state index is 14.2. The van der Waals surface area contributed by atoms with Gasteiger partial charge in [-0.1, -0.05) is 49.9 Å². The molecule has 10 heteroatoms. The Bertz CT molecular complexity index is 1470. The third kappa shape index (κ3) is 6.21. The van der Waals surface area contributed by atoms with Gasteiger partial charge < -0.3 is 10.2 Å². The zero-order valence-corrected chi connectivity index (χ0v) is 25.0. The minimum absolute atomic E-state index is 0.00515. The highest BCUT2D eigenvalue weighted by atomic mass is 32.1. The molecule has 3 fully saturated rings. The summed E-state index contributed by atoms with van der Waals surface area (Å²) in [4.78, 5) is 51.2. The van der Waals surface area contributed by atoms with E-state index in [1.165, 1.54) is 11.3 Å². The number of thiazole rings is 1. The minimum Gasteiger partial charge on any atom is -0.481 e. The lowest BCUT2D eigenvalue weighted by Crippen LogP contribution is -2.46. The zero-order valence-electron chi connectivity index (χ0n) is 24.2. The van der Waals surface area contributed by atoms with Crippen molar-refractivity contribution in [3.8, 4) is 22.4 Å². The molecule has 9 nitrogen and oxygen atoms in total. The summed E-state index contributed by atoms with van der Waals surface area (Å²) in [6.45, 7) is 0.973. The number of anilines is 2. The molecule has 2 saturated heterocycles. The molecule has 0 bridgehead atoms. The van der Waals surface area contributed by atoms with Crippen molar-refractivity contribution in [3.05, 3.63) is 48.0 Å². The first-order chi connectivity index (χ1) is 20.9. The number of benzene rings is 1. The number of amides is 2. The maximum Gasteiger partial charge on any atom is 0.304 e. The fraction of sp³-hybridized carbons (Fsp3) is 0.485. The first-order valence-corrected chi connectivity index (χ1v) is 16.3. The molecule has 0 spiro atoms. The molecule has 2 aliphatic heterocycles. The summed E-state index contributed by atoms with van der Waals surface area (Å²) in [6.07, 6.45) is 8.79. The summed E-state index contributed by atoms with van der Waals surface area (Å²) in [6, 6.07) is 11.7. The van der Waals surface area contributed by atoms with E-state index >= 15 is 0 Å². The van der Waals surface area contributed by atoms with E-state index in [1.807, 2.05) is 41.8 Å². The molecular formula is C33H38N4O5S. The number of aliphatic hydroxyl groups is 1. The van der Waals surface area contributed by atoms with Gasteiger partial charge in [-0.3, -0.25) is 24.2 Å². The summed E-state index contributed by atoms with van der Waals surface area (Å²) in [5, 5.41) is 22.4. The van der Waals surface area contributed by atoms with Gasteiger partial charge in [0.15, 0.2) is 5.13 Å². The van der Waals surface area contributed by atoms with Gasteiger partial charge in [0, 0.05) is 54.7 Å². The normalized spacial score (nSPS) is 23.5. The quantitative estimate of drug-likeness (QED) is 0.342. The number of rotatable bonds is 8. The minimum atomic E-state index is -0.956. The number of hydrogen-bond donors (Lipinski definition) is 2. The zero-order chi connectivity index (χ0) is 29.9. The monoisotopic (exact) mass is 602 g/mol. The molecule has 1 aromatic carbocycles. The molecule has 2 aromatic heterocycles. The second-order valence-electron chi connectivity index (χ2n) is 12.1. The van der Waals surface area contributed by atoms with E-state index in [-0.39, 0.29) is 36.7 Å². The van der Waals surface area contributed by atoms with Crippen LogP contribution >= 0.6 is 11.3 Å². The van der Waals surface area contributed by atoms with Crippen molar-refractivity contribution in [1.82, 2.24) is 9.97 Å². The van der Waals surface area contributed by atoms with Gasteiger partial charge in [0.25, 0.3) is 0 Å².